The van der Waals surface area contributed by atoms with Gasteiger partial charge in [-0.1, -0.05) is 66.4 Å². The molecule has 0 aromatic heterocycles. The smallest absolute Gasteiger partial charge is 0.0497 e. The molecule has 0 spiro atoms. The summed E-state index contributed by atoms with van der Waals surface area (Å²) < 4.78 is 0. The summed E-state index contributed by atoms with van der Waals surface area (Å²) in [6, 6.07) is 0.496. The minimum Gasteiger partial charge on any atom is -0.290 e. The van der Waals surface area contributed by atoms with E-state index in [0.29, 0.717) is 6.04 Å². The van der Waals surface area contributed by atoms with Crippen LogP contribution >= 0.6 is 0 Å². The number of nitrogens with zero attached hydrogens (tertiary/aromatic N) is 1. The number of hydrogen-bond donors (Lipinski definition) is 0. The topological polar surface area (TPSA) is 12.4 Å². The third kappa shape index (κ3) is 7.87. The van der Waals surface area contributed by atoms with E-state index >= 15 is 0 Å². The normalized spacial score (nSPS) is 15.4. The van der Waals surface area contributed by atoms with E-state index in [4.69, 9.17) is 4.99 Å². The van der Waals surface area contributed by atoms with Crippen molar-refractivity contribution in [3.05, 3.63) is 11.1 Å². The van der Waals surface area contributed by atoms with Crippen LogP contribution in [-0.2, 0) is 0 Å². The molecule has 118 valence electrons. The summed E-state index contributed by atoms with van der Waals surface area (Å²) in [6.45, 7) is 18.1. The summed E-state index contributed by atoms with van der Waals surface area (Å²) in [4.78, 5) is 4.87. The molecular formula is C19H37N. The van der Waals surface area contributed by atoms with Crippen LogP contribution in [0.3, 0.4) is 0 Å². The zero-order chi connectivity index (χ0) is 15.8. The predicted octanol–water partition coefficient (Wildman–Crippen LogP) is 6.43. The maximum atomic E-state index is 4.87. The zero-order valence-electron chi connectivity index (χ0n) is 15.2. The van der Waals surface area contributed by atoms with E-state index in [1.54, 1.807) is 0 Å². The van der Waals surface area contributed by atoms with Crippen LogP contribution in [0.1, 0.15) is 87.5 Å². The van der Waals surface area contributed by atoms with Gasteiger partial charge in [-0.25, -0.2) is 0 Å². The molecule has 0 saturated heterocycles. The molecule has 0 aromatic carbocycles. The van der Waals surface area contributed by atoms with Gasteiger partial charge < -0.3 is 0 Å². The number of hydrogen-bond acceptors (Lipinski definition) is 1. The first-order valence-electron chi connectivity index (χ1n) is 8.43. The van der Waals surface area contributed by atoms with Crippen molar-refractivity contribution in [2.24, 2.45) is 16.3 Å². The summed E-state index contributed by atoms with van der Waals surface area (Å²) in [6.07, 6.45) is 8.48. The van der Waals surface area contributed by atoms with Crippen LogP contribution in [0.4, 0.5) is 0 Å². The second kappa shape index (κ2) is 9.37. The second-order valence-corrected chi connectivity index (χ2v) is 7.45. The molecule has 0 aromatic rings. The quantitative estimate of drug-likeness (QED) is 0.454. The Morgan fingerprint density at radius 3 is 2.05 bits per heavy atom. The van der Waals surface area contributed by atoms with Gasteiger partial charge in [-0.3, -0.25) is 4.99 Å². The van der Waals surface area contributed by atoms with Crippen LogP contribution < -0.4 is 0 Å². The monoisotopic (exact) mass is 279 g/mol. The lowest BCUT2D eigenvalue weighted by Gasteiger charge is -2.22. The Morgan fingerprint density at radius 2 is 1.65 bits per heavy atom. The SMILES string of the molecule is CCC(C)CCCC(CC)/N=C\C(=C(C)C)C(C)(C)C. The van der Waals surface area contributed by atoms with Gasteiger partial charge in [0.1, 0.15) is 0 Å². The fourth-order valence-corrected chi connectivity index (χ4v) is 2.54. The first kappa shape index (κ1) is 19.4. The largest absolute Gasteiger partial charge is 0.290 e. The van der Waals surface area contributed by atoms with E-state index in [1.165, 1.54) is 36.8 Å². The van der Waals surface area contributed by atoms with E-state index in [9.17, 15) is 0 Å². The van der Waals surface area contributed by atoms with Crippen LogP contribution in [-0.4, -0.2) is 12.3 Å². The lowest BCUT2D eigenvalue weighted by Crippen LogP contribution is -2.14. The zero-order valence-corrected chi connectivity index (χ0v) is 15.2. The molecule has 2 unspecified atom stereocenters. The number of allylic oxidation sites excluding steroid dienone is 2. The summed E-state index contributed by atoms with van der Waals surface area (Å²) >= 11 is 0. The van der Waals surface area contributed by atoms with Crippen molar-refractivity contribution in [1.82, 2.24) is 0 Å². The fraction of sp³-hybridized carbons (Fsp3) is 0.842. The van der Waals surface area contributed by atoms with Crippen molar-refractivity contribution in [2.75, 3.05) is 0 Å². The van der Waals surface area contributed by atoms with Gasteiger partial charge in [-0.15, -0.1) is 0 Å². The molecule has 0 N–H and O–H groups in total. The van der Waals surface area contributed by atoms with Gasteiger partial charge in [0.05, 0.1) is 0 Å². The summed E-state index contributed by atoms with van der Waals surface area (Å²) in [5, 5.41) is 0. The Kier molecular flexibility index (Phi) is 9.09. The van der Waals surface area contributed by atoms with E-state index < -0.39 is 0 Å². The van der Waals surface area contributed by atoms with Gasteiger partial charge in [0, 0.05) is 12.3 Å². The Bertz CT molecular complexity index is 313. The maximum absolute atomic E-state index is 4.87. The Hall–Kier alpha value is -0.590. The molecular weight excluding hydrogens is 242 g/mol. The highest BCUT2D eigenvalue weighted by Crippen LogP contribution is 2.27. The van der Waals surface area contributed by atoms with Crippen molar-refractivity contribution in [3.8, 4) is 0 Å². The highest BCUT2D eigenvalue weighted by molar-refractivity contribution is 5.81. The maximum Gasteiger partial charge on any atom is 0.0497 e. The lowest BCUT2D eigenvalue weighted by atomic mass is 9.84. The molecule has 0 radical (unpaired) electrons. The van der Waals surface area contributed by atoms with Gasteiger partial charge in [-0.2, -0.15) is 0 Å². The van der Waals surface area contributed by atoms with Gasteiger partial charge in [-0.05, 0) is 43.6 Å². The minimum atomic E-state index is 0.192. The van der Waals surface area contributed by atoms with E-state index in [1.807, 2.05) is 0 Å². The molecule has 0 rings (SSSR count). The van der Waals surface area contributed by atoms with Crippen molar-refractivity contribution < 1.29 is 0 Å². The van der Waals surface area contributed by atoms with Crippen LogP contribution in [0, 0.1) is 11.3 Å². The van der Waals surface area contributed by atoms with Gasteiger partial charge in [0.2, 0.25) is 0 Å². The summed E-state index contributed by atoms with van der Waals surface area (Å²) in [5.41, 5.74) is 2.96. The molecule has 0 amide bonds. The molecule has 0 saturated carbocycles. The van der Waals surface area contributed by atoms with E-state index in [-0.39, 0.29) is 5.41 Å². The lowest BCUT2D eigenvalue weighted by molar-refractivity contribution is 0.458. The first-order valence-corrected chi connectivity index (χ1v) is 8.43. The van der Waals surface area contributed by atoms with Crippen LogP contribution in [0.2, 0.25) is 0 Å². The molecule has 1 heteroatoms. The van der Waals surface area contributed by atoms with E-state index in [2.05, 4.69) is 61.6 Å². The third-order valence-electron chi connectivity index (χ3n) is 4.16. The van der Waals surface area contributed by atoms with E-state index in [0.717, 1.165) is 12.3 Å². The Balaban J connectivity index is 4.55. The third-order valence-corrected chi connectivity index (χ3v) is 4.16. The number of aliphatic imine (C=N–C) groups is 1. The molecule has 2 atom stereocenters. The molecule has 0 aliphatic heterocycles. The van der Waals surface area contributed by atoms with Crippen molar-refractivity contribution in [1.29, 1.82) is 0 Å². The second-order valence-electron chi connectivity index (χ2n) is 7.45. The highest BCUT2D eigenvalue weighted by atomic mass is 14.8. The van der Waals surface area contributed by atoms with Gasteiger partial charge >= 0.3 is 0 Å². The fourth-order valence-electron chi connectivity index (χ4n) is 2.54. The van der Waals surface area contributed by atoms with Crippen molar-refractivity contribution >= 4 is 6.21 Å². The summed E-state index contributed by atoms with van der Waals surface area (Å²) in [5.74, 6) is 0.861. The Morgan fingerprint density at radius 1 is 1.05 bits per heavy atom. The number of rotatable bonds is 8. The predicted molar refractivity (Wildman–Crippen MR) is 93.7 cm³/mol. The Labute approximate surface area is 128 Å². The highest BCUT2D eigenvalue weighted by Gasteiger charge is 2.17. The van der Waals surface area contributed by atoms with Gasteiger partial charge in [0.15, 0.2) is 0 Å². The molecule has 0 aliphatic rings. The first-order chi connectivity index (χ1) is 9.22. The molecule has 0 fully saturated rings. The van der Waals surface area contributed by atoms with Gasteiger partial charge in [0.25, 0.3) is 0 Å². The van der Waals surface area contributed by atoms with Crippen molar-refractivity contribution in [2.45, 2.75) is 93.5 Å². The average molecular weight is 280 g/mol. The standard InChI is InChI=1S/C19H37N/c1-9-16(5)12-11-13-17(10-2)20-14-18(15(3)4)19(6,7)8/h14,16-17H,9-13H2,1-8H3/b20-14-. The van der Waals surface area contributed by atoms with Crippen LogP contribution in [0.15, 0.2) is 16.1 Å². The summed E-state index contributed by atoms with van der Waals surface area (Å²) in [7, 11) is 0. The molecule has 0 heterocycles. The average Bonchev–Trinajstić information content (AvgIpc) is 2.34. The van der Waals surface area contributed by atoms with Crippen LogP contribution in [0.25, 0.3) is 0 Å². The molecule has 20 heavy (non-hydrogen) atoms. The molecule has 0 bridgehead atoms. The van der Waals surface area contributed by atoms with Crippen molar-refractivity contribution in [3.63, 3.8) is 0 Å². The molecule has 1 nitrogen and oxygen atoms in total. The van der Waals surface area contributed by atoms with Crippen LogP contribution in [0.5, 0.6) is 0 Å². The molecule has 0 aliphatic carbocycles. The minimum absolute atomic E-state index is 0.192.